The first-order valence-corrected chi connectivity index (χ1v) is 3.13. The molecular weight excluding hydrogens is 162 g/mol. The van der Waals surface area contributed by atoms with Gasteiger partial charge in [-0.25, -0.2) is 0 Å². The number of nitrogens with one attached hydrogen (secondary N) is 2. The highest BCUT2D eigenvalue weighted by Gasteiger charge is 2.29. The van der Waals surface area contributed by atoms with Crippen LogP contribution in [0, 0.1) is 5.53 Å². The van der Waals surface area contributed by atoms with Gasteiger partial charge in [-0.1, -0.05) is 0 Å². The SMILES string of the molecule is CC(C)(NC(=O)[O-])C(=O)C=[N+]=N. The van der Waals surface area contributed by atoms with Crippen molar-refractivity contribution in [3.05, 3.63) is 0 Å². The number of carbonyl (C=O) groups is 2. The Labute approximate surface area is 68.8 Å². The van der Waals surface area contributed by atoms with Crippen molar-refractivity contribution < 1.29 is 19.5 Å². The van der Waals surface area contributed by atoms with Gasteiger partial charge in [0.05, 0.1) is 10.3 Å². The van der Waals surface area contributed by atoms with Crippen LogP contribution in [0.5, 0.6) is 0 Å². The Bertz CT molecular complexity index is 253. The van der Waals surface area contributed by atoms with Crippen molar-refractivity contribution >= 4 is 18.1 Å². The van der Waals surface area contributed by atoms with Crippen molar-refractivity contribution in [2.45, 2.75) is 19.4 Å². The molecule has 2 N–H and O–H groups in total. The number of hydrogen-bond donors (Lipinski definition) is 2. The van der Waals surface area contributed by atoms with Gasteiger partial charge in [0.15, 0.2) is 0 Å². The number of nitrogens with zero attached hydrogens (tertiary/aromatic N) is 1. The predicted molar refractivity (Wildman–Crippen MR) is 36.7 cm³/mol. The second-order valence-corrected chi connectivity index (χ2v) is 2.66. The lowest BCUT2D eigenvalue weighted by Crippen LogP contribution is -2.54. The summed E-state index contributed by atoms with van der Waals surface area (Å²) in [6.45, 7) is 2.71. The van der Waals surface area contributed by atoms with Crippen LogP contribution in [0.1, 0.15) is 13.8 Å². The maximum Gasteiger partial charge on any atom is 0.375 e. The number of carboxylic acid groups (broad SMARTS) is 1. The molecule has 0 aromatic heterocycles. The molecule has 6 nitrogen and oxygen atoms in total. The zero-order chi connectivity index (χ0) is 9.78. The number of rotatable bonds is 3. The van der Waals surface area contributed by atoms with Crippen molar-refractivity contribution in [2.75, 3.05) is 0 Å². The van der Waals surface area contributed by atoms with E-state index in [2.05, 4.69) is 4.79 Å². The molecule has 0 fully saturated rings. The van der Waals surface area contributed by atoms with Crippen LogP contribution in [0.15, 0.2) is 0 Å². The lowest BCUT2D eigenvalue weighted by Gasteiger charge is -2.22. The number of ketones is 1. The molecule has 0 aliphatic heterocycles. The van der Waals surface area contributed by atoms with Crippen LogP contribution in [0.3, 0.4) is 0 Å². The molecule has 0 rings (SSSR count). The minimum atomic E-state index is -1.54. The Morgan fingerprint density at radius 3 is 2.42 bits per heavy atom. The molecule has 0 atom stereocenters. The van der Waals surface area contributed by atoms with E-state index in [1.54, 1.807) is 0 Å². The van der Waals surface area contributed by atoms with Gasteiger partial charge >= 0.3 is 6.21 Å². The first kappa shape index (κ1) is 10.3. The molecule has 0 unspecified atom stereocenters. The normalized spacial score (nSPS) is 9.83. The highest BCUT2D eigenvalue weighted by Crippen LogP contribution is 2.00. The first-order valence-electron chi connectivity index (χ1n) is 3.13. The van der Waals surface area contributed by atoms with Crippen molar-refractivity contribution in [2.24, 2.45) is 0 Å². The zero-order valence-electron chi connectivity index (χ0n) is 6.75. The molecule has 6 heteroatoms. The van der Waals surface area contributed by atoms with Gasteiger partial charge in [-0.05, 0) is 13.8 Å². The molecular formula is C6H9N3O3. The summed E-state index contributed by atoms with van der Waals surface area (Å²) in [6.07, 6.45) is -0.803. The quantitative estimate of drug-likeness (QED) is 0.309. The molecule has 0 aromatic carbocycles. The standard InChI is InChI=1S/C6H9N3O3/c1-6(2,9-5(11)12)4(10)3-8-7/h3,7,9H,1-2H3. The number of amides is 1. The molecule has 1 amide bonds. The monoisotopic (exact) mass is 171 g/mol. The smallest absolute Gasteiger partial charge is 0.375 e. The lowest BCUT2D eigenvalue weighted by molar-refractivity contribution is -0.252. The molecule has 0 aliphatic rings. The summed E-state index contributed by atoms with van der Waals surface area (Å²) in [5.41, 5.74) is 5.06. The Morgan fingerprint density at radius 2 is 2.08 bits per heavy atom. The highest BCUT2D eigenvalue weighted by molar-refractivity contribution is 6.29. The third-order valence-electron chi connectivity index (χ3n) is 1.21. The summed E-state index contributed by atoms with van der Waals surface area (Å²) < 4.78 is 0. The lowest BCUT2D eigenvalue weighted by atomic mass is 10.0. The molecule has 0 saturated carbocycles. The molecule has 0 heterocycles. The summed E-state index contributed by atoms with van der Waals surface area (Å²) in [5.74, 6) is -0.596. The van der Waals surface area contributed by atoms with E-state index in [4.69, 9.17) is 5.53 Å². The summed E-state index contributed by atoms with van der Waals surface area (Å²) in [5, 5.41) is 11.9. The van der Waals surface area contributed by atoms with E-state index in [1.165, 1.54) is 13.8 Å². The van der Waals surface area contributed by atoms with Gasteiger partial charge in [0.1, 0.15) is 11.6 Å². The Hall–Kier alpha value is -1.68. The van der Waals surface area contributed by atoms with Crippen molar-refractivity contribution in [1.82, 2.24) is 5.32 Å². The molecule has 0 bridgehead atoms. The third-order valence-corrected chi connectivity index (χ3v) is 1.21. The van der Waals surface area contributed by atoms with E-state index in [0.717, 1.165) is 6.21 Å². The molecule has 12 heavy (non-hydrogen) atoms. The van der Waals surface area contributed by atoms with Gasteiger partial charge in [-0.15, -0.1) is 0 Å². The Morgan fingerprint density at radius 1 is 1.58 bits per heavy atom. The third kappa shape index (κ3) is 2.94. The summed E-state index contributed by atoms with van der Waals surface area (Å²) in [7, 11) is 0. The summed E-state index contributed by atoms with van der Waals surface area (Å²) in [4.78, 5) is 23.8. The molecule has 0 saturated heterocycles. The topological polar surface area (TPSA) is 107 Å². The fourth-order valence-corrected chi connectivity index (χ4v) is 0.537. The Kier molecular flexibility index (Phi) is 3.13. The maximum absolute atomic E-state index is 11.0. The predicted octanol–water partition coefficient (Wildman–Crippen LogP) is -1.42. The average Bonchev–Trinajstić information content (AvgIpc) is 1.85. The second-order valence-electron chi connectivity index (χ2n) is 2.66. The van der Waals surface area contributed by atoms with E-state index in [1.807, 2.05) is 5.32 Å². The van der Waals surface area contributed by atoms with Gasteiger partial charge in [0.2, 0.25) is 0 Å². The van der Waals surface area contributed by atoms with Crippen molar-refractivity contribution in [1.29, 1.82) is 5.53 Å². The van der Waals surface area contributed by atoms with Crippen molar-refractivity contribution in [3.8, 4) is 0 Å². The van der Waals surface area contributed by atoms with Crippen LogP contribution in [0.25, 0.3) is 0 Å². The fourth-order valence-electron chi connectivity index (χ4n) is 0.537. The molecule has 0 aliphatic carbocycles. The molecule has 66 valence electrons. The second kappa shape index (κ2) is 3.64. The van der Waals surface area contributed by atoms with Gasteiger partial charge in [0.25, 0.3) is 5.78 Å². The van der Waals surface area contributed by atoms with Crippen LogP contribution >= 0.6 is 0 Å². The average molecular weight is 171 g/mol. The van der Waals surface area contributed by atoms with Crippen LogP contribution in [0.2, 0.25) is 0 Å². The van der Waals surface area contributed by atoms with Gasteiger partial charge in [-0.2, -0.15) is 0 Å². The Balaban J connectivity index is 4.49. The van der Waals surface area contributed by atoms with Gasteiger partial charge in [-0.3, -0.25) is 4.79 Å². The van der Waals surface area contributed by atoms with E-state index in [0.29, 0.717) is 0 Å². The van der Waals surface area contributed by atoms with Crippen LogP contribution in [-0.4, -0.2) is 28.4 Å². The molecule has 0 spiro atoms. The van der Waals surface area contributed by atoms with Crippen molar-refractivity contribution in [3.63, 3.8) is 0 Å². The maximum atomic E-state index is 11.0. The first-order chi connectivity index (χ1) is 5.40. The summed E-state index contributed by atoms with van der Waals surface area (Å²) in [6, 6.07) is 0. The fraction of sp³-hybridized carbons (Fsp3) is 0.500. The highest BCUT2D eigenvalue weighted by atomic mass is 16.4. The van der Waals surface area contributed by atoms with E-state index < -0.39 is 17.4 Å². The molecule has 0 radical (unpaired) electrons. The van der Waals surface area contributed by atoms with E-state index in [-0.39, 0.29) is 0 Å². The zero-order valence-corrected chi connectivity index (χ0v) is 6.75. The largest absolute Gasteiger partial charge is 0.530 e. The number of hydrogen-bond acceptors (Lipinski definition) is 4. The van der Waals surface area contributed by atoms with Gasteiger partial charge < -0.3 is 15.2 Å². The minimum absolute atomic E-state index is 0.596. The molecule has 0 aromatic rings. The van der Waals surface area contributed by atoms with Crippen LogP contribution < -0.4 is 10.4 Å². The summed E-state index contributed by atoms with van der Waals surface area (Å²) >= 11 is 0. The van der Waals surface area contributed by atoms with Gasteiger partial charge in [0, 0.05) is 0 Å². The number of carbonyl (C=O) groups excluding carboxylic acids is 2. The number of Topliss-reactive ketones (excluding diaryl/α,β-unsaturated/α-hetero) is 1. The van der Waals surface area contributed by atoms with Crippen LogP contribution in [-0.2, 0) is 4.79 Å². The minimum Gasteiger partial charge on any atom is -0.530 e. The van der Waals surface area contributed by atoms with E-state index >= 15 is 0 Å². The van der Waals surface area contributed by atoms with E-state index in [9.17, 15) is 14.7 Å². The van der Waals surface area contributed by atoms with Crippen LogP contribution in [0.4, 0.5) is 4.79 Å².